The number of nitrogens with zero attached hydrogens (tertiary/aromatic N) is 3. The van der Waals surface area contributed by atoms with Gasteiger partial charge in [-0.1, -0.05) is 13.8 Å². The molecule has 0 bridgehead atoms. The molecule has 0 atom stereocenters. The van der Waals surface area contributed by atoms with Gasteiger partial charge in [-0.2, -0.15) is 0 Å². The van der Waals surface area contributed by atoms with E-state index in [1.165, 1.54) is 10.9 Å². The van der Waals surface area contributed by atoms with Gasteiger partial charge in [0, 0.05) is 30.5 Å². The molecule has 2 rings (SSSR count). The summed E-state index contributed by atoms with van der Waals surface area (Å²) >= 11 is 0. The van der Waals surface area contributed by atoms with E-state index in [1.807, 2.05) is 19.9 Å². The molecule has 0 unspecified atom stereocenters. The van der Waals surface area contributed by atoms with E-state index in [9.17, 15) is 9.59 Å². The number of H-pyrrole nitrogens is 1. The molecular weight excluding hydrogens is 282 g/mol. The summed E-state index contributed by atoms with van der Waals surface area (Å²) in [7, 11) is 0. The summed E-state index contributed by atoms with van der Waals surface area (Å²) < 4.78 is 1.50. The molecule has 0 amide bonds. The lowest BCUT2D eigenvalue weighted by Crippen LogP contribution is -2.33. The average molecular weight is 303 g/mol. The van der Waals surface area contributed by atoms with Gasteiger partial charge in [-0.25, -0.2) is 14.8 Å². The Morgan fingerprint density at radius 3 is 2.59 bits per heavy atom. The molecular formula is C15H21N5O2. The lowest BCUT2D eigenvalue weighted by Gasteiger charge is -2.12. The van der Waals surface area contributed by atoms with Crippen LogP contribution in [0.5, 0.6) is 0 Å². The Labute approximate surface area is 128 Å². The third-order valence-electron chi connectivity index (χ3n) is 3.34. The van der Waals surface area contributed by atoms with Gasteiger partial charge in [0.25, 0.3) is 5.56 Å². The average Bonchev–Trinajstić information content (AvgIpc) is 2.46. The van der Waals surface area contributed by atoms with Crippen molar-refractivity contribution < 1.29 is 0 Å². The maximum atomic E-state index is 11.9. The van der Waals surface area contributed by atoms with Crippen molar-refractivity contribution in [1.29, 1.82) is 0 Å². The number of aromatic nitrogens is 4. The largest absolute Gasteiger partial charge is 0.366 e. The first kappa shape index (κ1) is 15.9. The Hall–Kier alpha value is -2.44. The zero-order chi connectivity index (χ0) is 16.3. The van der Waals surface area contributed by atoms with Crippen molar-refractivity contribution in [2.45, 2.75) is 46.2 Å². The highest BCUT2D eigenvalue weighted by molar-refractivity contribution is 5.36. The van der Waals surface area contributed by atoms with E-state index in [2.05, 4.69) is 34.1 Å². The number of nitrogens with one attached hydrogen (secondary N) is 2. The molecule has 0 radical (unpaired) electrons. The van der Waals surface area contributed by atoms with Gasteiger partial charge in [0.1, 0.15) is 12.1 Å². The second-order valence-corrected chi connectivity index (χ2v) is 5.75. The van der Waals surface area contributed by atoms with Gasteiger partial charge in [0.15, 0.2) is 0 Å². The molecule has 0 aliphatic rings. The molecule has 118 valence electrons. The molecule has 2 heterocycles. The lowest BCUT2D eigenvalue weighted by atomic mass is 10.1. The van der Waals surface area contributed by atoms with Crippen molar-refractivity contribution >= 4 is 5.82 Å². The van der Waals surface area contributed by atoms with Gasteiger partial charge < -0.3 is 5.32 Å². The minimum absolute atomic E-state index is 0.0188. The van der Waals surface area contributed by atoms with E-state index in [1.54, 1.807) is 6.20 Å². The Morgan fingerprint density at radius 2 is 1.95 bits per heavy atom. The molecule has 0 aromatic carbocycles. The van der Waals surface area contributed by atoms with Gasteiger partial charge in [-0.15, -0.1) is 0 Å². The standard InChI is InChI=1S/C15H21N5O2/c1-9(2)12-5-13(18-8-17-12)16-6-11-7-20(10(3)4)15(22)19-14(11)21/h5,7-10H,6H2,1-4H3,(H,16,17,18)(H,19,21,22). The van der Waals surface area contributed by atoms with Crippen molar-refractivity contribution in [3.8, 4) is 0 Å². The number of rotatable bonds is 5. The first-order valence-electron chi connectivity index (χ1n) is 7.28. The quantitative estimate of drug-likeness (QED) is 0.876. The summed E-state index contributed by atoms with van der Waals surface area (Å²) in [5.41, 5.74) is 0.636. The Morgan fingerprint density at radius 1 is 1.23 bits per heavy atom. The van der Waals surface area contributed by atoms with E-state index >= 15 is 0 Å². The smallest absolute Gasteiger partial charge is 0.328 e. The number of hydrogen-bond acceptors (Lipinski definition) is 5. The molecule has 2 N–H and O–H groups in total. The second-order valence-electron chi connectivity index (χ2n) is 5.75. The van der Waals surface area contributed by atoms with Crippen molar-refractivity contribution in [1.82, 2.24) is 19.5 Å². The summed E-state index contributed by atoms with van der Waals surface area (Å²) in [5.74, 6) is 0.954. The highest BCUT2D eigenvalue weighted by Gasteiger charge is 2.08. The van der Waals surface area contributed by atoms with Gasteiger partial charge in [0.2, 0.25) is 0 Å². The molecule has 22 heavy (non-hydrogen) atoms. The van der Waals surface area contributed by atoms with E-state index in [0.29, 0.717) is 17.3 Å². The predicted octanol–water partition coefficient (Wildman–Crippen LogP) is 1.64. The van der Waals surface area contributed by atoms with Crippen molar-refractivity contribution in [2.24, 2.45) is 0 Å². The monoisotopic (exact) mass is 303 g/mol. The normalized spacial score (nSPS) is 11.2. The van der Waals surface area contributed by atoms with Crippen LogP contribution >= 0.6 is 0 Å². The zero-order valence-electron chi connectivity index (χ0n) is 13.3. The summed E-state index contributed by atoms with van der Waals surface area (Å²) in [5, 5.41) is 3.10. The molecule has 0 fully saturated rings. The van der Waals surface area contributed by atoms with E-state index in [4.69, 9.17) is 0 Å². The SMILES string of the molecule is CC(C)c1cc(NCc2cn(C(C)C)c(=O)[nH]c2=O)ncn1. The van der Waals surface area contributed by atoms with Crippen LogP contribution in [0.4, 0.5) is 5.82 Å². The predicted molar refractivity (Wildman–Crippen MR) is 85.2 cm³/mol. The number of hydrogen-bond donors (Lipinski definition) is 2. The van der Waals surface area contributed by atoms with Crippen molar-refractivity contribution in [3.05, 3.63) is 50.7 Å². The Balaban J connectivity index is 2.21. The number of anilines is 1. The summed E-state index contributed by atoms with van der Waals surface area (Å²) in [6, 6.07) is 1.84. The fraction of sp³-hybridized carbons (Fsp3) is 0.467. The van der Waals surface area contributed by atoms with E-state index < -0.39 is 5.69 Å². The molecule has 0 saturated carbocycles. The fourth-order valence-corrected chi connectivity index (χ4v) is 2.01. The van der Waals surface area contributed by atoms with Crippen LogP contribution in [0, 0.1) is 0 Å². The molecule has 0 spiro atoms. The third-order valence-corrected chi connectivity index (χ3v) is 3.34. The third kappa shape index (κ3) is 3.60. The first-order chi connectivity index (χ1) is 10.4. The van der Waals surface area contributed by atoms with Crippen molar-refractivity contribution in [2.75, 3.05) is 5.32 Å². The van der Waals surface area contributed by atoms with Gasteiger partial charge >= 0.3 is 5.69 Å². The topological polar surface area (TPSA) is 92.7 Å². The molecule has 2 aromatic rings. The minimum atomic E-state index is -0.395. The van der Waals surface area contributed by atoms with Crippen LogP contribution in [-0.2, 0) is 6.54 Å². The van der Waals surface area contributed by atoms with Crippen LogP contribution in [0.3, 0.4) is 0 Å². The van der Waals surface area contributed by atoms with Crippen molar-refractivity contribution in [3.63, 3.8) is 0 Å². The molecule has 2 aromatic heterocycles. The maximum absolute atomic E-state index is 11.9. The van der Waals surface area contributed by atoms with E-state index in [0.717, 1.165) is 5.69 Å². The van der Waals surface area contributed by atoms with Gasteiger partial charge in [-0.3, -0.25) is 14.3 Å². The zero-order valence-corrected chi connectivity index (χ0v) is 13.3. The summed E-state index contributed by atoms with van der Waals surface area (Å²) in [6.07, 6.45) is 3.08. The summed E-state index contributed by atoms with van der Waals surface area (Å²) in [6.45, 7) is 8.16. The fourth-order valence-electron chi connectivity index (χ4n) is 2.01. The van der Waals surface area contributed by atoms with Gasteiger partial charge in [0.05, 0.1) is 5.56 Å². The molecule has 7 heteroatoms. The molecule has 0 aliphatic carbocycles. The molecule has 7 nitrogen and oxygen atoms in total. The van der Waals surface area contributed by atoms with Crippen LogP contribution < -0.4 is 16.6 Å². The van der Waals surface area contributed by atoms with Crippen LogP contribution in [0.1, 0.15) is 50.9 Å². The van der Waals surface area contributed by atoms with Crippen LogP contribution in [0.15, 0.2) is 28.2 Å². The maximum Gasteiger partial charge on any atom is 0.328 e. The molecule has 0 aliphatic heterocycles. The van der Waals surface area contributed by atoms with Crippen LogP contribution in [-0.4, -0.2) is 19.5 Å². The second kappa shape index (κ2) is 6.55. The lowest BCUT2D eigenvalue weighted by molar-refractivity contribution is 0.556. The van der Waals surface area contributed by atoms with E-state index in [-0.39, 0.29) is 18.1 Å². The first-order valence-corrected chi connectivity index (χ1v) is 7.28. The molecule has 0 saturated heterocycles. The van der Waals surface area contributed by atoms with Gasteiger partial charge in [-0.05, 0) is 19.8 Å². The highest BCUT2D eigenvalue weighted by Crippen LogP contribution is 2.13. The minimum Gasteiger partial charge on any atom is -0.366 e. The Kier molecular flexibility index (Phi) is 4.75. The number of aromatic amines is 1. The highest BCUT2D eigenvalue weighted by atomic mass is 16.2. The van der Waals surface area contributed by atoms with Crippen LogP contribution in [0.2, 0.25) is 0 Å². The van der Waals surface area contributed by atoms with Crippen LogP contribution in [0.25, 0.3) is 0 Å². The summed E-state index contributed by atoms with van der Waals surface area (Å²) in [4.78, 5) is 34.2. The Bertz CT molecular complexity index is 761.